The lowest BCUT2D eigenvalue weighted by Gasteiger charge is -2.14. The Labute approximate surface area is 150 Å². The summed E-state index contributed by atoms with van der Waals surface area (Å²) >= 11 is 0. The molecule has 0 spiro atoms. The van der Waals surface area contributed by atoms with Gasteiger partial charge in [0.25, 0.3) is 5.69 Å². The average molecular weight is 346 g/mol. The molecular weight excluding hydrogens is 328 g/mol. The first-order valence-electron chi connectivity index (χ1n) is 8.51. The van der Waals surface area contributed by atoms with Crippen molar-refractivity contribution in [1.82, 2.24) is 4.57 Å². The number of para-hydroxylation sites is 3. The molecule has 1 aromatic heterocycles. The highest BCUT2D eigenvalue weighted by Crippen LogP contribution is 2.29. The van der Waals surface area contributed by atoms with Gasteiger partial charge in [-0.25, -0.2) is 0 Å². The van der Waals surface area contributed by atoms with E-state index in [2.05, 4.69) is 16.7 Å². The summed E-state index contributed by atoms with van der Waals surface area (Å²) in [6.07, 6.45) is -0.492. The maximum atomic E-state index is 11.2. The van der Waals surface area contributed by atoms with Crippen LogP contribution in [0.25, 0.3) is 21.8 Å². The Morgan fingerprint density at radius 3 is 2.04 bits per heavy atom. The lowest BCUT2D eigenvalue weighted by atomic mass is 10.1. The fourth-order valence-electron chi connectivity index (χ4n) is 3.59. The molecule has 130 valence electrons. The van der Waals surface area contributed by atoms with Crippen molar-refractivity contribution in [2.75, 3.05) is 0 Å². The summed E-state index contributed by atoms with van der Waals surface area (Å²) in [4.78, 5) is 10.8. The minimum absolute atomic E-state index is 0.0498. The van der Waals surface area contributed by atoms with E-state index >= 15 is 0 Å². The van der Waals surface area contributed by atoms with Crippen LogP contribution < -0.4 is 0 Å². The highest BCUT2D eigenvalue weighted by molar-refractivity contribution is 6.07. The molecule has 1 N–H and O–H groups in total. The normalized spacial score (nSPS) is 12.5. The number of nitro groups is 1. The van der Waals surface area contributed by atoms with E-state index in [-0.39, 0.29) is 12.1 Å². The molecule has 3 aromatic carbocycles. The summed E-state index contributed by atoms with van der Waals surface area (Å²) in [5.41, 5.74) is 2.70. The number of rotatable bonds is 5. The summed E-state index contributed by atoms with van der Waals surface area (Å²) < 4.78 is 2.09. The summed E-state index contributed by atoms with van der Waals surface area (Å²) in [7, 11) is 0. The molecule has 5 nitrogen and oxygen atoms in total. The predicted octanol–water partition coefficient (Wildman–Crippen LogP) is 4.31. The first-order chi connectivity index (χ1) is 12.6. The van der Waals surface area contributed by atoms with E-state index in [1.807, 2.05) is 36.4 Å². The summed E-state index contributed by atoms with van der Waals surface area (Å²) in [6, 6.07) is 22.8. The zero-order valence-corrected chi connectivity index (χ0v) is 14.1. The standard InChI is InChI=1S/C21H18N2O3/c24-16(13-15-7-1-4-10-19(15)23(25)26)14-22-20-11-5-2-8-17(20)18-9-3-6-12-21(18)22/h1-12,16,24H,13-14H2. The van der Waals surface area contributed by atoms with Gasteiger partial charge in [-0.3, -0.25) is 10.1 Å². The second-order valence-electron chi connectivity index (χ2n) is 6.39. The Morgan fingerprint density at radius 1 is 0.885 bits per heavy atom. The Kier molecular flexibility index (Phi) is 4.14. The average Bonchev–Trinajstić information content (AvgIpc) is 2.96. The van der Waals surface area contributed by atoms with Crippen molar-refractivity contribution in [1.29, 1.82) is 0 Å². The van der Waals surface area contributed by atoms with Crippen LogP contribution in [0.15, 0.2) is 72.8 Å². The third-order valence-corrected chi connectivity index (χ3v) is 4.72. The van der Waals surface area contributed by atoms with Crippen LogP contribution in [0, 0.1) is 10.1 Å². The number of fused-ring (bicyclic) bond motifs is 3. The molecule has 0 aliphatic rings. The number of hydrogen-bond acceptors (Lipinski definition) is 3. The molecule has 0 saturated carbocycles. The van der Waals surface area contributed by atoms with E-state index < -0.39 is 11.0 Å². The van der Waals surface area contributed by atoms with Gasteiger partial charge >= 0.3 is 0 Å². The summed E-state index contributed by atoms with van der Waals surface area (Å²) in [6.45, 7) is 0.375. The SMILES string of the molecule is O=[N+]([O-])c1ccccc1CC(O)Cn1c2ccccc2c2ccccc21. The number of aliphatic hydroxyl groups is 1. The minimum atomic E-state index is -0.727. The minimum Gasteiger partial charge on any atom is -0.391 e. The number of aliphatic hydroxyl groups excluding tert-OH is 1. The fraction of sp³-hybridized carbons (Fsp3) is 0.143. The fourth-order valence-corrected chi connectivity index (χ4v) is 3.59. The largest absolute Gasteiger partial charge is 0.391 e. The van der Waals surface area contributed by atoms with Crippen molar-refractivity contribution >= 4 is 27.5 Å². The smallest absolute Gasteiger partial charge is 0.272 e. The first-order valence-corrected chi connectivity index (χ1v) is 8.51. The van der Waals surface area contributed by atoms with E-state index in [1.54, 1.807) is 18.2 Å². The van der Waals surface area contributed by atoms with Crippen LogP contribution in [0.4, 0.5) is 5.69 Å². The highest BCUT2D eigenvalue weighted by Gasteiger charge is 2.18. The van der Waals surface area contributed by atoms with Crippen LogP contribution in [0.3, 0.4) is 0 Å². The number of aromatic nitrogens is 1. The van der Waals surface area contributed by atoms with Crippen molar-refractivity contribution in [2.45, 2.75) is 19.1 Å². The molecule has 0 radical (unpaired) electrons. The van der Waals surface area contributed by atoms with Crippen LogP contribution in [0.5, 0.6) is 0 Å². The molecule has 26 heavy (non-hydrogen) atoms. The van der Waals surface area contributed by atoms with Gasteiger partial charge in [-0.15, -0.1) is 0 Å². The summed E-state index contributed by atoms with van der Waals surface area (Å²) in [5, 5.41) is 24.1. The van der Waals surface area contributed by atoms with E-state index in [1.165, 1.54) is 6.07 Å². The van der Waals surface area contributed by atoms with Crippen molar-refractivity contribution in [3.63, 3.8) is 0 Å². The maximum Gasteiger partial charge on any atom is 0.272 e. The Bertz CT molecular complexity index is 1050. The van der Waals surface area contributed by atoms with Crippen LogP contribution in [-0.2, 0) is 13.0 Å². The molecule has 1 atom stereocenters. The van der Waals surface area contributed by atoms with Gasteiger partial charge in [0.1, 0.15) is 0 Å². The zero-order chi connectivity index (χ0) is 18.1. The molecule has 0 amide bonds. The van der Waals surface area contributed by atoms with Gasteiger partial charge in [0, 0.05) is 46.4 Å². The van der Waals surface area contributed by atoms with Gasteiger partial charge in [-0.05, 0) is 12.1 Å². The molecule has 1 heterocycles. The molecule has 4 aromatic rings. The Balaban J connectivity index is 1.70. The lowest BCUT2D eigenvalue weighted by Crippen LogP contribution is -2.19. The van der Waals surface area contributed by atoms with Crippen LogP contribution in [0.1, 0.15) is 5.56 Å². The highest BCUT2D eigenvalue weighted by atomic mass is 16.6. The van der Waals surface area contributed by atoms with Crippen LogP contribution in [-0.4, -0.2) is 20.7 Å². The van der Waals surface area contributed by atoms with E-state index in [4.69, 9.17) is 0 Å². The van der Waals surface area contributed by atoms with Gasteiger partial charge < -0.3 is 9.67 Å². The number of nitrogens with zero attached hydrogens (tertiary/aromatic N) is 2. The lowest BCUT2D eigenvalue weighted by molar-refractivity contribution is -0.385. The number of nitro benzene ring substituents is 1. The van der Waals surface area contributed by atoms with Crippen molar-refractivity contribution in [3.05, 3.63) is 88.5 Å². The first kappa shape index (κ1) is 16.3. The molecule has 1 unspecified atom stereocenters. The quantitative estimate of drug-likeness (QED) is 0.432. The van der Waals surface area contributed by atoms with E-state index in [0.29, 0.717) is 12.1 Å². The molecule has 0 saturated heterocycles. The molecule has 0 aliphatic heterocycles. The second kappa shape index (κ2) is 6.61. The van der Waals surface area contributed by atoms with Crippen molar-refractivity contribution in [2.24, 2.45) is 0 Å². The third-order valence-electron chi connectivity index (χ3n) is 4.72. The van der Waals surface area contributed by atoms with Gasteiger partial charge in [0.15, 0.2) is 0 Å². The van der Waals surface area contributed by atoms with Crippen LogP contribution in [0.2, 0.25) is 0 Å². The molecule has 0 bridgehead atoms. The Hall–Kier alpha value is -3.18. The van der Waals surface area contributed by atoms with Crippen molar-refractivity contribution < 1.29 is 10.0 Å². The summed E-state index contributed by atoms with van der Waals surface area (Å²) in [5.74, 6) is 0. The molecule has 0 aliphatic carbocycles. The van der Waals surface area contributed by atoms with E-state index in [9.17, 15) is 15.2 Å². The van der Waals surface area contributed by atoms with Gasteiger partial charge in [0.05, 0.1) is 11.0 Å². The van der Waals surface area contributed by atoms with Crippen LogP contribution >= 0.6 is 0 Å². The van der Waals surface area contributed by atoms with E-state index in [0.717, 1.165) is 21.8 Å². The molecule has 0 fully saturated rings. The molecule has 5 heteroatoms. The number of hydrogen-bond donors (Lipinski definition) is 1. The zero-order valence-electron chi connectivity index (χ0n) is 14.1. The molecule has 4 rings (SSSR count). The van der Waals surface area contributed by atoms with Gasteiger partial charge in [0.2, 0.25) is 0 Å². The number of benzene rings is 3. The third kappa shape index (κ3) is 2.82. The molecular formula is C21H18N2O3. The predicted molar refractivity (Wildman–Crippen MR) is 102 cm³/mol. The van der Waals surface area contributed by atoms with Gasteiger partial charge in [-0.2, -0.15) is 0 Å². The van der Waals surface area contributed by atoms with Crippen molar-refractivity contribution in [3.8, 4) is 0 Å². The monoisotopic (exact) mass is 346 g/mol. The second-order valence-corrected chi connectivity index (χ2v) is 6.39. The maximum absolute atomic E-state index is 11.2. The van der Waals surface area contributed by atoms with Gasteiger partial charge in [-0.1, -0.05) is 54.6 Å². The topological polar surface area (TPSA) is 68.3 Å². The Morgan fingerprint density at radius 2 is 1.42 bits per heavy atom.